The van der Waals surface area contributed by atoms with Crippen LogP contribution in [0.15, 0.2) is 24.8 Å². The molecule has 2 nitrogen and oxygen atoms in total. The summed E-state index contributed by atoms with van der Waals surface area (Å²) in [5.74, 6) is 0.996. The lowest BCUT2D eigenvalue weighted by Gasteiger charge is -2.10. The van der Waals surface area contributed by atoms with Crippen LogP contribution in [0.4, 0.5) is 0 Å². The standard InChI is InChI=1S/C14H18O2/c1-3-15-9-10-16-14-6-4-5-12-11(2)7-8-13(12)14/h4-6H,2-3,7-10H2,1H3. The van der Waals surface area contributed by atoms with Crippen molar-refractivity contribution in [2.75, 3.05) is 19.8 Å². The molecule has 0 fully saturated rings. The molecule has 0 saturated carbocycles. The van der Waals surface area contributed by atoms with Crippen LogP contribution in [0.25, 0.3) is 5.57 Å². The van der Waals surface area contributed by atoms with E-state index in [1.54, 1.807) is 0 Å². The SMILES string of the molecule is C=C1CCc2c(OCCOCC)cccc21. The van der Waals surface area contributed by atoms with Gasteiger partial charge in [-0.3, -0.25) is 0 Å². The van der Waals surface area contributed by atoms with Crippen molar-refractivity contribution in [1.82, 2.24) is 0 Å². The smallest absolute Gasteiger partial charge is 0.123 e. The molecular weight excluding hydrogens is 200 g/mol. The molecule has 2 rings (SSSR count). The maximum atomic E-state index is 5.73. The van der Waals surface area contributed by atoms with Gasteiger partial charge in [-0.05, 0) is 37.0 Å². The van der Waals surface area contributed by atoms with Crippen molar-refractivity contribution in [2.45, 2.75) is 19.8 Å². The predicted octanol–water partition coefficient (Wildman–Crippen LogP) is 3.06. The number of fused-ring (bicyclic) bond motifs is 1. The van der Waals surface area contributed by atoms with Gasteiger partial charge in [0, 0.05) is 12.2 Å². The molecule has 2 heteroatoms. The summed E-state index contributed by atoms with van der Waals surface area (Å²) in [5.41, 5.74) is 3.81. The average molecular weight is 218 g/mol. The highest BCUT2D eigenvalue weighted by Gasteiger charge is 2.18. The molecule has 86 valence electrons. The minimum absolute atomic E-state index is 0.622. The van der Waals surface area contributed by atoms with Crippen LogP contribution in [0, 0.1) is 0 Å². The van der Waals surface area contributed by atoms with E-state index in [0.717, 1.165) is 25.2 Å². The molecule has 0 N–H and O–H groups in total. The van der Waals surface area contributed by atoms with E-state index in [9.17, 15) is 0 Å². The molecule has 1 aromatic carbocycles. The van der Waals surface area contributed by atoms with Crippen LogP contribution in [0.5, 0.6) is 5.75 Å². The molecule has 0 radical (unpaired) electrons. The first-order chi connectivity index (χ1) is 7.83. The molecule has 1 aliphatic rings. The van der Waals surface area contributed by atoms with E-state index in [2.05, 4.69) is 12.6 Å². The molecule has 1 aromatic rings. The van der Waals surface area contributed by atoms with Crippen molar-refractivity contribution in [2.24, 2.45) is 0 Å². The highest BCUT2D eigenvalue weighted by molar-refractivity contribution is 5.72. The third-order valence-electron chi connectivity index (χ3n) is 2.88. The van der Waals surface area contributed by atoms with Crippen LogP contribution in [0.3, 0.4) is 0 Å². The van der Waals surface area contributed by atoms with Gasteiger partial charge in [-0.1, -0.05) is 18.7 Å². The normalized spacial score (nSPS) is 13.9. The minimum atomic E-state index is 0.622. The Morgan fingerprint density at radius 1 is 1.25 bits per heavy atom. The quantitative estimate of drug-likeness (QED) is 0.707. The van der Waals surface area contributed by atoms with Crippen LogP contribution < -0.4 is 4.74 Å². The largest absolute Gasteiger partial charge is 0.491 e. The fourth-order valence-electron chi connectivity index (χ4n) is 2.06. The summed E-state index contributed by atoms with van der Waals surface area (Å²) in [5, 5.41) is 0. The van der Waals surface area contributed by atoms with Crippen molar-refractivity contribution in [3.8, 4) is 5.75 Å². The number of hydrogen-bond acceptors (Lipinski definition) is 2. The predicted molar refractivity (Wildman–Crippen MR) is 65.8 cm³/mol. The first-order valence-corrected chi connectivity index (χ1v) is 5.83. The highest BCUT2D eigenvalue weighted by Crippen LogP contribution is 2.36. The van der Waals surface area contributed by atoms with E-state index in [0.29, 0.717) is 13.2 Å². The molecule has 0 aliphatic heterocycles. The molecular formula is C14H18O2. The molecule has 16 heavy (non-hydrogen) atoms. The first-order valence-electron chi connectivity index (χ1n) is 5.83. The van der Waals surface area contributed by atoms with Crippen LogP contribution >= 0.6 is 0 Å². The second-order valence-corrected chi connectivity index (χ2v) is 3.93. The number of benzene rings is 1. The van der Waals surface area contributed by atoms with E-state index < -0.39 is 0 Å². The maximum Gasteiger partial charge on any atom is 0.123 e. The molecule has 0 heterocycles. The van der Waals surface area contributed by atoms with Gasteiger partial charge in [0.25, 0.3) is 0 Å². The molecule has 1 aliphatic carbocycles. The van der Waals surface area contributed by atoms with Crippen molar-refractivity contribution >= 4 is 5.57 Å². The molecule has 0 bridgehead atoms. The Balaban J connectivity index is 2.02. The summed E-state index contributed by atoms with van der Waals surface area (Å²) in [6.07, 6.45) is 2.11. The van der Waals surface area contributed by atoms with Gasteiger partial charge in [-0.25, -0.2) is 0 Å². The molecule has 0 atom stereocenters. The number of rotatable bonds is 5. The third-order valence-corrected chi connectivity index (χ3v) is 2.88. The van der Waals surface area contributed by atoms with Crippen LogP contribution in [-0.2, 0) is 11.2 Å². The van der Waals surface area contributed by atoms with E-state index in [4.69, 9.17) is 9.47 Å². The summed E-state index contributed by atoms with van der Waals surface area (Å²) in [6, 6.07) is 6.19. The zero-order valence-electron chi connectivity index (χ0n) is 9.79. The molecule has 0 spiro atoms. The Labute approximate surface area is 96.9 Å². The summed E-state index contributed by atoms with van der Waals surface area (Å²) in [4.78, 5) is 0. The zero-order valence-corrected chi connectivity index (χ0v) is 9.79. The van der Waals surface area contributed by atoms with Crippen molar-refractivity contribution in [3.05, 3.63) is 35.9 Å². The molecule has 0 unspecified atom stereocenters. The van der Waals surface area contributed by atoms with Crippen LogP contribution in [0.2, 0.25) is 0 Å². The zero-order chi connectivity index (χ0) is 11.4. The van der Waals surface area contributed by atoms with Crippen LogP contribution in [-0.4, -0.2) is 19.8 Å². The lowest BCUT2D eigenvalue weighted by Crippen LogP contribution is -2.07. The van der Waals surface area contributed by atoms with Crippen LogP contribution in [0.1, 0.15) is 24.5 Å². The Morgan fingerprint density at radius 2 is 2.12 bits per heavy atom. The molecule has 0 amide bonds. The monoisotopic (exact) mass is 218 g/mol. The van der Waals surface area contributed by atoms with Gasteiger partial charge in [0.2, 0.25) is 0 Å². The average Bonchev–Trinajstić information content (AvgIpc) is 2.68. The summed E-state index contributed by atoms with van der Waals surface area (Å²) in [6.45, 7) is 8.08. The van der Waals surface area contributed by atoms with Gasteiger partial charge in [-0.15, -0.1) is 0 Å². The molecule has 0 aromatic heterocycles. The van der Waals surface area contributed by atoms with E-state index in [1.165, 1.54) is 16.7 Å². The second kappa shape index (κ2) is 5.17. The minimum Gasteiger partial charge on any atom is -0.491 e. The third kappa shape index (κ3) is 2.27. The lowest BCUT2D eigenvalue weighted by molar-refractivity contribution is 0.110. The maximum absolute atomic E-state index is 5.73. The Morgan fingerprint density at radius 3 is 2.94 bits per heavy atom. The van der Waals surface area contributed by atoms with Gasteiger partial charge in [0.1, 0.15) is 12.4 Å². The topological polar surface area (TPSA) is 18.5 Å². The van der Waals surface area contributed by atoms with Gasteiger partial charge in [0.15, 0.2) is 0 Å². The van der Waals surface area contributed by atoms with Gasteiger partial charge < -0.3 is 9.47 Å². The Hall–Kier alpha value is -1.28. The fourth-order valence-corrected chi connectivity index (χ4v) is 2.06. The van der Waals surface area contributed by atoms with Gasteiger partial charge >= 0.3 is 0 Å². The van der Waals surface area contributed by atoms with Gasteiger partial charge in [0.05, 0.1) is 6.61 Å². The number of allylic oxidation sites excluding steroid dienone is 1. The second-order valence-electron chi connectivity index (χ2n) is 3.93. The highest BCUT2D eigenvalue weighted by atomic mass is 16.5. The van der Waals surface area contributed by atoms with E-state index in [1.807, 2.05) is 19.1 Å². The summed E-state index contributed by atoms with van der Waals surface area (Å²) in [7, 11) is 0. The van der Waals surface area contributed by atoms with Crippen molar-refractivity contribution in [1.29, 1.82) is 0 Å². The number of hydrogen-bond donors (Lipinski definition) is 0. The van der Waals surface area contributed by atoms with Gasteiger partial charge in [-0.2, -0.15) is 0 Å². The Kier molecular flexibility index (Phi) is 3.62. The van der Waals surface area contributed by atoms with Crippen molar-refractivity contribution in [3.63, 3.8) is 0 Å². The number of ether oxygens (including phenoxy) is 2. The molecule has 0 saturated heterocycles. The first kappa shape index (κ1) is 11.2. The Bertz CT molecular complexity index is 382. The summed E-state index contributed by atoms with van der Waals surface area (Å²) < 4.78 is 11.0. The fraction of sp³-hybridized carbons (Fsp3) is 0.429. The van der Waals surface area contributed by atoms with Crippen molar-refractivity contribution < 1.29 is 9.47 Å². The van der Waals surface area contributed by atoms with E-state index in [-0.39, 0.29) is 0 Å². The van der Waals surface area contributed by atoms with E-state index >= 15 is 0 Å². The lowest BCUT2D eigenvalue weighted by atomic mass is 10.1. The summed E-state index contributed by atoms with van der Waals surface area (Å²) >= 11 is 0.